The molecule has 0 radical (unpaired) electrons. The molecule has 6 aromatic rings. The van der Waals surface area contributed by atoms with Gasteiger partial charge in [0.15, 0.2) is 5.82 Å². The summed E-state index contributed by atoms with van der Waals surface area (Å²) in [6.07, 6.45) is 11.0. The molecular formula is C36H44FN9. The van der Waals surface area contributed by atoms with Crippen molar-refractivity contribution in [2.75, 3.05) is 27.7 Å². The summed E-state index contributed by atoms with van der Waals surface area (Å²) >= 11 is 0. The monoisotopic (exact) mass is 621 g/mol. The molecule has 0 aliphatic carbocycles. The number of pyridine rings is 3. The smallest absolute Gasteiger partial charge is 0.159 e. The van der Waals surface area contributed by atoms with Crippen molar-refractivity contribution < 1.29 is 4.39 Å². The Labute approximate surface area is 270 Å². The molecule has 10 heteroatoms. The Morgan fingerprint density at radius 3 is 2.33 bits per heavy atom. The van der Waals surface area contributed by atoms with Crippen LogP contribution in [0.1, 0.15) is 31.4 Å². The average molecular weight is 622 g/mol. The summed E-state index contributed by atoms with van der Waals surface area (Å²) in [5.74, 6) is 0.292. The van der Waals surface area contributed by atoms with Gasteiger partial charge in [-0.05, 0) is 87.6 Å². The molecule has 46 heavy (non-hydrogen) atoms. The fourth-order valence-electron chi connectivity index (χ4n) is 4.99. The summed E-state index contributed by atoms with van der Waals surface area (Å²) in [7, 11) is 6.00. The second-order valence-electron chi connectivity index (χ2n) is 10.2. The van der Waals surface area contributed by atoms with Gasteiger partial charge in [0.05, 0.1) is 34.6 Å². The minimum Gasteiger partial charge on any atom is -0.335 e. The maximum atomic E-state index is 14.4. The Bertz CT molecular complexity index is 1840. The van der Waals surface area contributed by atoms with Gasteiger partial charge in [-0.2, -0.15) is 5.10 Å². The van der Waals surface area contributed by atoms with E-state index in [1.54, 1.807) is 18.6 Å². The first-order valence-electron chi connectivity index (χ1n) is 15.2. The zero-order valence-electron chi connectivity index (χ0n) is 27.5. The van der Waals surface area contributed by atoms with E-state index in [0.29, 0.717) is 23.6 Å². The fourth-order valence-corrected chi connectivity index (χ4v) is 4.99. The van der Waals surface area contributed by atoms with E-state index in [2.05, 4.69) is 86.8 Å². The normalized spacial score (nSPS) is 10.5. The van der Waals surface area contributed by atoms with Crippen molar-refractivity contribution in [3.05, 3.63) is 105 Å². The molecule has 0 saturated carbocycles. The van der Waals surface area contributed by atoms with Crippen molar-refractivity contribution in [3.8, 4) is 33.9 Å². The summed E-state index contributed by atoms with van der Waals surface area (Å²) in [4.78, 5) is 24.0. The molecule has 6 rings (SSSR count). The number of nitrogens with one attached hydrogen (secondary N) is 3. The van der Waals surface area contributed by atoms with E-state index in [1.165, 1.54) is 17.7 Å². The van der Waals surface area contributed by atoms with E-state index in [1.807, 2.05) is 45.4 Å². The van der Waals surface area contributed by atoms with Crippen molar-refractivity contribution in [2.24, 2.45) is 0 Å². The van der Waals surface area contributed by atoms with Crippen LogP contribution in [0.15, 0.2) is 87.6 Å². The van der Waals surface area contributed by atoms with Crippen LogP contribution in [0.5, 0.6) is 0 Å². The van der Waals surface area contributed by atoms with Gasteiger partial charge in [-0.25, -0.2) is 9.37 Å². The van der Waals surface area contributed by atoms with Gasteiger partial charge in [0.2, 0.25) is 0 Å². The Hall–Kier alpha value is -5.06. The number of halogens is 1. The van der Waals surface area contributed by atoms with Crippen LogP contribution in [0.4, 0.5) is 4.39 Å². The molecule has 9 nitrogen and oxygen atoms in total. The van der Waals surface area contributed by atoms with Crippen molar-refractivity contribution in [1.82, 2.24) is 45.3 Å². The lowest BCUT2D eigenvalue weighted by Gasteiger charge is -2.09. The van der Waals surface area contributed by atoms with Crippen LogP contribution in [0.2, 0.25) is 0 Å². The summed E-state index contributed by atoms with van der Waals surface area (Å²) < 4.78 is 14.4. The predicted molar refractivity (Wildman–Crippen MR) is 189 cm³/mol. The van der Waals surface area contributed by atoms with Crippen molar-refractivity contribution in [1.29, 1.82) is 0 Å². The summed E-state index contributed by atoms with van der Waals surface area (Å²) in [5.41, 5.74) is 8.18. The summed E-state index contributed by atoms with van der Waals surface area (Å²) in [6, 6.07) is 9.15. The quantitative estimate of drug-likeness (QED) is 0.143. The molecule has 5 heterocycles. The maximum Gasteiger partial charge on any atom is 0.159 e. The largest absolute Gasteiger partial charge is 0.335 e. The minimum absolute atomic E-state index is 0.301. The Morgan fingerprint density at radius 1 is 0.848 bits per heavy atom. The number of benzene rings is 1. The fraction of sp³-hybridized carbons (Fsp3) is 0.250. The molecule has 0 saturated heterocycles. The van der Waals surface area contributed by atoms with Crippen molar-refractivity contribution >= 4 is 21.9 Å². The van der Waals surface area contributed by atoms with Crippen molar-refractivity contribution in [3.63, 3.8) is 0 Å². The number of imidazole rings is 1. The van der Waals surface area contributed by atoms with E-state index in [-0.39, 0.29) is 5.82 Å². The first-order valence-corrected chi connectivity index (χ1v) is 15.2. The lowest BCUT2D eigenvalue weighted by molar-refractivity contribution is 0.400. The Morgan fingerprint density at radius 2 is 1.59 bits per heavy atom. The Balaban J connectivity index is 0.000000908. The number of hydrogen-bond acceptors (Lipinski definition) is 7. The first kappa shape index (κ1) is 35.4. The lowest BCUT2D eigenvalue weighted by atomic mass is 10.0. The number of hydrogen-bond donors (Lipinski definition) is 3. The van der Waals surface area contributed by atoms with E-state index >= 15 is 0 Å². The first-order chi connectivity index (χ1) is 22.5. The van der Waals surface area contributed by atoms with Crippen LogP contribution in [0.25, 0.3) is 55.8 Å². The lowest BCUT2D eigenvalue weighted by Crippen LogP contribution is -2.13. The highest BCUT2D eigenvalue weighted by atomic mass is 19.1. The molecule has 240 valence electrons. The van der Waals surface area contributed by atoms with E-state index in [9.17, 15) is 4.39 Å². The maximum absolute atomic E-state index is 14.4. The number of aryl methyl sites for hydroxylation is 1. The van der Waals surface area contributed by atoms with Crippen LogP contribution in [0, 0.1) is 5.82 Å². The number of aromatic nitrogens is 7. The molecular weight excluding hydrogens is 577 g/mol. The van der Waals surface area contributed by atoms with E-state index in [0.717, 1.165) is 63.8 Å². The van der Waals surface area contributed by atoms with Crippen molar-refractivity contribution in [2.45, 2.75) is 33.2 Å². The number of rotatable bonds is 9. The average Bonchev–Trinajstić information content (AvgIpc) is 3.71. The van der Waals surface area contributed by atoms with Gasteiger partial charge >= 0.3 is 0 Å². The second kappa shape index (κ2) is 17.4. The third-order valence-corrected chi connectivity index (χ3v) is 6.88. The third kappa shape index (κ3) is 8.35. The summed E-state index contributed by atoms with van der Waals surface area (Å²) in [6.45, 7) is 17.6. The molecule has 0 atom stereocenters. The highest BCUT2D eigenvalue weighted by Crippen LogP contribution is 2.32. The number of nitrogens with zero attached hydrogens (tertiary/aromatic N) is 6. The van der Waals surface area contributed by atoms with Crippen LogP contribution in [-0.2, 0) is 13.0 Å². The zero-order valence-corrected chi connectivity index (χ0v) is 27.5. The Kier molecular flexibility index (Phi) is 13.4. The molecule has 0 fully saturated rings. The third-order valence-electron chi connectivity index (χ3n) is 6.88. The highest BCUT2D eigenvalue weighted by molar-refractivity contribution is 5.97. The molecule has 0 bridgehead atoms. The van der Waals surface area contributed by atoms with Crippen LogP contribution in [0.3, 0.4) is 0 Å². The molecule has 0 spiro atoms. The standard InChI is InChI=1S/C30H30FN9.C2H6.2C2H4/c1-32-12-19-8-20(10-22(31)9-19)24-15-34-16-27-28(24)37-30(36-27)29-23-11-25(35-17-26(23)38-39-29)21-7-18(13-33-14-21)5-4-6-40(2)3;3*1-2/h7-11,13-17,32H,4-6,12H2,1-3H3,(H,36,37)(H,38,39);1-2H3;2*1-2H2. The SMILES string of the molecule is C=C.C=C.CC.CNCc1cc(F)cc(-c2cncc3[nH]c(-c4n[nH]c5cnc(-c6cncc(CCCN(C)C)c6)cc45)nc23)c1. The topological polar surface area (TPSA) is 111 Å². The van der Waals surface area contributed by atoms with Gasteiger partial charge in [-0.15, -0.1) is 26.3 Å². The molecule has 3 N–H and O–H groups in total. The van der Waals surface area contributed by atoms with Gasteiger partial charge in [-0.3, -0.25) is 20.1 Å². The number of aromatic amines is 2. The molecule has 0 aliphatic heterocycles. The van der Waals surface area contributed by atoms with Gasteiger partial charge in [-0.1, -0.05) is 13.8 Å². The molecule has 1 aromatic carbocycles. The highest BCUT2D eigenvalue weighted by Gasteiger charge is 2.17. The molecule has 0 amide bonds. The molecule has 5 aromatic heterocycles. The van der Waals surface area contributed by atoms with E-state index < -0.39 is 0 Å². The van der Waals surface area contributed by atoms with Gasteiger partial charge in [0.25, 0.3) is 0 Å². The molecule has 0 aliphatic rings. The number of fused-ring (bicyclic) bond motifs is 2. The number of H-pyrrole nitrogens is 2. The van der Waals surface area contributed by atoms with Gasteiger partial charge in [0.1, 0.15) is 11.5 Å². The minimum atomic E-state index is -0.301. The van der Waals surface area contributed by atoms with E-state index in [4.69, 9.17) is 4.98 Å². The predicted octanol–water partition coefficient (Wildman–Crippen LogP) is 7.61. The van der Waals surface area contributed by atoms with Gasteiger partial charge < -0.3 is 15.2 Å². The second-order valence-corrected chi connectivity index (χ2v) is 10.2. The van der Waals surface area contributed by atoms with Gasteiger partial charge in [0, 0.05) is 41.6 Å². The summed E-state index contributed by atoms with van der Waals surface area (Å²) in [5, 5.41) is 11.6. The van der Waals surface area contributed by atoms with Crippen LogP contribution in [-0.4, -0.2) is 67.7 Å². The zero-order chi connectivity index (χ0) is 33.6. The van der Waals surface area contributed by atoms with Crippen LogP contribution < -0.4 is 5.32 Å². The van der Waals surface area contributed by atoms with Crippen LogP contribution >= 0.6 is 0 Å². The molecule has 0 unspecified atom stereocenters.